The highest BCUT2D eigenvalue weighted by Crippen LogP contribution is 2.27. The van der Waals surface area contributed by atoms with Crippen molar-refractivity contribution in [3.63, 3.8) is 0 Å². The van der Waals surface area contributed by atoms with Crippen molar-refractivity contribution in [2.24, 2.45) is 0 Å². The third kappa shape index (κ3) is 3.16. The fraction of sp³-hybridized carbons (Fsp3) is 0. The Hall–Kier alpha value is -1.78. The summed E-state index contributed by atoms with van der Waals surface area (Å²) >= 11 is 11.6. The molecule has 0 atom stereocenters. The summed E-state index contributed by atoms with van der Waals surface area (Å²) in [6, 6.07) is 7.60. The van der Waals surface area contributed by atoms with Crippen LogP contribution in [0.4, 0.5) is 10.1 Å². The van der Waals surface area contributed by atoms with E-state index in [1.165, 1.54) is 24.3 Å². The van der Waals surface area contributed by atoms with E-state index < -0.39 is 11.7 Å². The number of phenolic OH excluding ortho intramolecular Hbond substituents is 1. The number of aromatic hydroxyl groups is 1. The van der Waals surface area contributed by atoms with Crippen LogP contribution in [-0.4, -0.2) is 11.0 Å². The van der Waals surface area contributed by atoms with Crippen LogP contribution in [-0.2, 0) is 0 Å². The molecule has 19 heavy (non-hydrogen) atoms. The van der Waals surface area contributed by atoms with E-state index in [-0.39, 0.29) is 21.4 Å². The lowest BCUT2D eigenvalue weighted by molar-refractivity contribution is 0.102. The number of hydrogen-bond donors (Lipinski definition) is 2. The second-order valence-corrected chi connectivity index (χ2v) is 4.56. The monoisotopic (exact) mass is 299 g/mol. The molecule has 98 valence electrons. The lowest BCUT2D eigenvalue weighted by Crippen LogP contribution is -2.12. The number of nitrogens with one attached hydrogen (secondary N) is 1. The van der Waals surface area contributed by atoms with Crippen molar-refractivity contribution in [3.05, 3.63) is 57.8 Å². The molecule has 0 radical (unpaired) electrons. The highest BCUT2D eigenvalue weighted by atomic mass is 35.5. The van der Waals surface area contributed by atoms with Gasteiger partial charge in [-0.1, -0.05) is 23.2 Å². The first kappa shape index (κ1) is 13.6. The normalized spacial score (nSPS) is 10.3. The molecule has 0 saturated carbocycles. The summed E-state index contributed by atoms with van der Waals surface area (Å²) in [5, 5.41) is 11.9. The summed E-state index contributed by atoms with van der Waals surface area (Å²) in [5.74, 6) is -1.05. The Bertz CT molecular complexity index is 647. The van der Waals surface area contributed by atoms with Gasteiger partial charge in [-0.15, -0.1) is 0 Å². The van der Waals surface area contributed by atoms with Crippen LogP contribution >= 0.6 is 23.2 Å². The van der Waals surface area contributed by atoms with Crippen molar-refractivity contribution in [3.8, 4) is 5.75 Å². The summed E-state index contributed by atoms with van der Waals surface area (Å²) in [4.78, 5) is 11.9. The number of rotatable bonds is 2. The number of carbonyl (C=O) groups is 1. The molecule has 3 nitrogen and oxygen atoms in total. The standard InChI is InChI=1S/C13H8Cl2FNO2/c14-10-5-7(16)1-3-9(10)13(19)17-12-4-2-8(18)6-11(12)15/h1-6,18H,(H,17,19). The highest BCUT2D eigenvalue weighted by Gasteiger charge is 2.13. The van der Waals surface area contributed by atoms with E-state index in [0.29, 0.717) is 5.69 Å². The van der Waals surface area contributed by atoms with E-state index in [1.54, 1.807) is 0 Å². The molecule has 0 aliphatic carbocycles. The van der Waals surface area contributed by atoms with E-state index in [9.17, 15) is 14.3 Å². The molecule has 2 N–H and O–H groups in total. The van der Waals surface area contributed by atoms with Crippen LogP contribution in [0.15, 0.2) is 36.4 Å². The molecule has 0 fully saturated rings. The van der Waals surface area contributed by atoms with Gasteiger partial charge in [0.1, 0.15) is 11.6 Å². The molecule has 2 rings (SSSR count). The van der Waals surface area contributed by atoms with E-state index >= 15 is 0 Å². The lowest BCUT2D eigenvalue weighted by Gasteiger charge is -2.08. The van der Waals surface area contributed by atoms with Gasteiger partial charge in [0.05, 0.1) is 21.3 Å². The molecule has 0 bridgehead atoms. The molecule has 0 aliphatic heterocycles. The second-order valence-electron chi connectivity index (χ2n) is 3.74. The van der Waals surface area contributed by atoms with E-state index in [0.717, 1.165) is 12.1 Å². The molecule has 0 aliphatic rings. The van der Waals surface area contributed by atoms with Crippen LogP contribution in [0.1, 0.15) is 10.4 Å². The number of amides is 1. The fourth-order valence-electron chi connectivity index (χ4n) is 1.47. The number of carbonyl (C=O) groups excluding carboxylic acids is 1. The van der Waals surface area contributed by atoms with Crippen molar-refractivity contribution in [1.29, 1.82) is 0 Å². The third-order valence-corrected chi connectivity index (χ3v) is 3.00. The number of phenols is 1. The lowest BCUT2D eigenvalue weighted by atomic mass is 10.2. The SMILES string of the molecule is O=C(Nc1ccc(O)cc1Cl)c1ccc(F)cc1Cl. The molecule has 0 unspecified atom stereocenters. The maximum absolute atomic E-state index is 12.9. The van der Waals surface area contributed by atoms with Gasteiger partial charge in [-0.05, 0) is 30.3 Å². The summed E-state index contributed by atoms with van der Waals surface area (Å²) in [5.41, 5.74) is 0.456. The smallest absolute Gasteiger partial charge is 0.257 e. The van der Waals surface area contributed by atoms with Gasteiger partial charge in [-0.25, -0.2) is 4.39 Å². The predicted molar refractivity (Wildman–Crippen MR) is 72.5 cm³/mol. The Kier molecular flexibility index (Phi) is 3.93. The summed E-state index contributed by atoms with van der Waals surface area (Å²) < 4.78 is 12.9. The predicted octanol–water partition coefficient (Wildman–Crippen LogP) is 4.09. The fourth-order valence-corrected chi connectivity index (χ4v) is 1.94. The number of benzene rings is 2. The van der Waals surface area contributed by atoms with Crippen LogP contribution in [0.25, 0.3) is 0 Å². The van der Waals surface area contributed by atoms with Gasteiger partial charge in [0, 0.05) is 6.07 Å². The first-order valence-electron chi connectivity index (χ1n) is 5.22. The molecular weight excluding hydrogens is 292 g/mol. The van der Waals surface area contributed by atoms with Crippen LogP contribution in [0.3, 0.4) is 0 Å². The Balaban J connectivity index is 2.25. The summed E-state index contributed by atoms with van der Waals surface area (Å²) in [7, 11) is 0. The maximum Gasteiger partial charge on any atom is 0.257 e. The maximum atomic E-state index is 12.9. The Labute approximate surface area is 118 Å². The van der Waals surface area contributed by atoms with Crippen LogP contribution in [0.5, 0.6) is 5.75 Å². The average Bonchev–Trinajstić information content (AvgIpc) is 2.32. The third-order valence-electron chi connectivity index (χ3n) is 2.38. The quantitative estimate of drug-likeness (QED) is 0.821. The van der Waals surface area contributed by atoms with Crippen molar-refractivity contribution >= 4 is 34.8 Å². The molecule has 1 amide bonds. The van der Waals surface area contributed by atoms with E-state index in [2.05, 4.69) is 5.32 Å². The minimum absolute atomic E-state index is 0.00685. The van der Waals surface area contributed by atoms with Gasteiger partial charge in [0.15, 0.2) is 0 Å². The van der Waals surface area contributed by atoms with Gasteiger partial charge in [-0.2, -0.15) is 0 Å². The van der Waals surface area contributed by atoms with Crippen molar-refractivity contribution in [2.45, 2.75) is 0 Å². The zero-order valence-electron chi connectivity index (χ0n) is 9.45. The number of anilines is 1. The second kappa shape index (κ2) is 5.47. The first-order chi connectivity index (χ1) is 8.97. The van der Waals surface area contributed by atoms with Gasteiger partial charge in [0.25, 0.3) is 5.91 Å². The van der Waals surface area contributed by atoms with Gasteiger partial charge >= 0.3 is 0 Å². The summed E-state index contributed by atoms with van der Waals surface area (Å²) in [6.07, 6.45) is 0. The molecular formula is C13H8Cl2FNO2. The molecule has 6 heteroatoms. The van der Waals surface area contributed by atoms with Gasteiger partial charge < -0.3 is 10.4 Å². The van der Waals surface area contributed by atoms with E-state index in [4.69, 9.17) is 23.2 Å². The molecule has 0 heterocycles. The minimum atomic E-state index is -0.524. The highest BCUT2D eigenvalue weighted by molar-refractivity contribution is 6.36. The van der Waals surface area contributed by atoms with E-state index in [1.807, 2.05) is 0 Å². The zero-order valence-corrected chi connectivity index (χ0v) is 11.0. The molecule has 0 spiro atoms. The number of hydrogen-bond acceptors (Lipinski definition) is 2. The zero-order chi connectivity index (χ0) is 14.0. The average molecular weight is 300 g/mol. The Morgan fingerprint density at radius 2 is 1.84 bits per heavy atom. The first-order valence-corrected chi connectivity index (χ1v) is 5.98. The largest absolute Gasteiger partial charge is 0.508 e. The van der Waals surface area contributed by atoms with Crippen LogP contribution in [0.2, 0.25) is 10.0 Å². The molecule has 0 saturated heterocycles. The Morgan fingerprint density at radius 3 is 2.47 bits per heavy atom. The molecule has 0 aromatic heterocycles. The topological polar surface area (TPSA) is 49.3 Å². The molecule has 2 aromatic rings. The molecule has 2 aromatic carbocycles. The van der Waals surface area contributed by atoms with Crippen molar-refractivity contribution in [2.75, 3.05) is 5.32 Å². The van der Waals surface area contributed by atoms with Crippen LogP contribution in [0, 0.1) is 5.82 Å². The Morgan fingerprint density at radius 1 is 1.11 bits per heavy atom. The number of halogens is 3. The van der Waals surface area contributed by atoms with Crippen molar-refractivity contribution < 1.29 is 14.3 Å². The summed E-state index contributed by atoms with van der Waals surface area (Å²) in [6.45, 7) is 0. The minimum Gasteiger partial charge on any atom is -0.508 e. The van der Waals surface area contributed by atoms with Gasteiger partial charge in [-0.3, -0.25) is 4.79 Å². The van der Waals surface area contributed by atoms with Crippen molar-refractivity contribution in [1.82, 2.24) is 0 Å². The van der Waals surface area contributed by atoms with Crippen LogP contribution < -0.4 is 5.32 Å². The van der Waals surface area contributed by atoms with Gasteiger partial charge in [0.2, 0.25) is 0 Å².